The molecule has 1 unspecified atom stereocenters. The second-order valence-electron chi connectivity index (χ2n) is 7.08. The molecule has 0 saturated carbocycles. The fourth-order valence-corrected chi connectivity index (χ4v) is 4.11. The van der Waals surface area contributed by atoms with Crippen LogP contribution >= 0.6 is 11.3 Å². The summed E-state index contributed by atoms with van der Waals surface area (Å²) >= 11 is 1.24. The zero-order valence-electron chi connectivity index (χ0n) is 14.8. The van der Waals surface area contributed by atoms with Crippen molar-refractivity contribution in [1.82, 2.24) is 4.90 Å². The Morgan fingerprint density at radius 1 is 1.38 bits per heavy atom. The summed E-state index contributed by atoms with van der Waals surface area (Å²) < 4.78 is 13.3. The number of amides is 2. The van der Waals surface area contributed by atoms with Crippen molar-refractivity contribution in [2.45, 2.75) is 20.3 Å². The lowest BCUT2D eigenvalue weighted by Gasteiger charge is -2.22. The summed E-state index contributed by atoms with van der Waals surface area (Å²) in [6.07, 6.45) is 0.892. The maximum Gasteiger partial charge on any atom is 0.264 e. The molecule has 3 N–H and O–H groups in total. The third-order valence-corrected chi connectivity index (χ3v) is 5.91. The van der Waals surface area contributed by atoms with Gasteiger partial charge in [0.1, 0.15) is 5.82 Å². The van der Waals surface area contributed by atoms with Gasteiger partial charge in [-0.25, -0.2) is 4.39 Å². The average molecular weight is 375 g/mol. The molecule has 1 aliphatic heterocycles. The molecular formula is C19H22FN3O2S. The number of hydrogen-bond acceptors (Lipinski definition) is 4. The second kappa shape index (κ2) is 7.17. The quantitative estimate of drug-likeness (QED) is 0.861. The van der Waals surface area contributed by atoms with Gasteiger partial charge in [0.05, 0.1) is 9.88 Å². The number of carbonyl (C=O) groups excluding carboxylic acids is 2. The van der Waals surface area contributed by atoms with Gasteiger partial charge in [-0.1, -0.05) is 13.0 Å². The van der Waals surface area contributed by atoms with E-state index in [-0.39, 0.29) is 16.9 Å². The highest BCUT2D eigenvalue weighted by atomic mass is 32.1. The number of thiophene rings is 1. The number of nitrogens with one attached hydrogen (secondary N) is 1. The van der Waals surface area contributed by atoms with Gasteiger partial charge in [0.25, 0.3) is 11.8 Å². The molecule has 1 fully saturated rings. The zero-order valence-corrected chi connectivity index (χ0v) is 15.7. The Bertz CT molecular complexity index is 851. The van der Waals surface area contributed by atoms with E-state index >= 15 is 0 Å². The average Bonchev–Trinajstić information content (AvgIpc) is 3.18. The van der Waals surface area contributed by atoms with E-state index in [0.29, 0.717) is 29.5 Å². The highest BCUT2D eigenvalue weighted by molar-refractivity contribution is 7.18. The molecule has 0 aliphatic carbocycles. The Morgan fingerprint density at radius 3 is 2.81 bits per heavy atom. The first-order valence-corrected chi connectivity index (χ1v) is 9.30. The van der Waals surface area contributed by atoms with Gasteiger partial charge in [-0.15, -0.1) is 11.3 Å². The standard InChI is InChI=1S/C19H22FN3O2S/c1-12-8-15(22-17(24)13-4-3-5-14(20)9-13)26-16(12)18(25)23-7-6-19(2,10-21)11-23/h3-5,8-9H,6-7,10-11,21H2,1-2H3,(H,22,24). The van der Waals surface area contributed by atoms with Gasteiger partial charge in [0, 0.05) is 18.7 Å². The molecule has 2 amide bonds. The Morgan fingerprint density at radius 2 is 2.15 bits per heavy atom. The number of likely N-dealkylation sites (tertiary alicyclic amines) is 1. The molecule has 7 heteroatoms. The van der Waals surface area contributed by atoms with Gasteiger partial charge in [-0.2, -0.15) is 0 Å². The number of anilines is 1. The van der Waals surface area contributed by atoms with Crippen LogP contribution in [0.4, 0.5) is 9.39 Å². The Labute approximate surface area is 156 Å². The lowest BCUT2D eigenvalue weighted by Crippen LogP contribution is -2.34. The molecule has 1 aromatic heterocycles. The van der Waals surface area contributed by atoms with Crippen LogP contribution in [0.25, 0.3) is 0 Å². The van der Waals surface area contributed by atoms with Crippen LogP contribution in [-0.4, -0.2) is 36.3 Å². The molecule has 3 rings (SSSR count). The molecule has 1 atom stereocenters. The number of halogens is 1. The maximum absolute atomic E-state index is 13.3. The minimum absolute atomic E-state index is 0.0315. The van der Waals surface area contributed by atoms with E-state index in [1.807, 2.05) is 11.8 Å². The summed E-state index contributed by atoms with van der Waals surface area (Å²) in [5.74, 6) is -0.898. The Balaban J connectivity index is 1.73. The van der Waals surface area contributed by atoms with Gasteiger partial charge >= 0.3 is 0 Å². The van der Waals surface area contributed by atoms with E-state index in [1.165, 1.54) is 29.5 Å². The van der Waals surface area contributed by atoms with Crippen molar-refractivity contribution in [2.24, 2.45) is 11.1 Å². The van der Waals surface area contributed by atoms with E-state index in [9.17, 15) is 14.0 Å². The molecular weight excluding hydrogens is 353 g/mol. The molecule has 1 saturated heterocycles. The molecule has 2 aromatic rings. The number of hydrogen-bond donors (Lipinski definition) is 2. The van der Waals surface area contributed by atoms with Crippen LogP contribution in [0.5, 0.6) is 0 Å². The van der Waals surface area contributed by atoms with Gasteiger partial charge in [0.15, 0.2) is 0 Å². The molecule has 1 aromatic carbocycles. The van der Waals surface area contributed by atoms with Gasteiger partial charge < -0.3 is 16.0 Å². The summed E-state index contributed by atoms with van der Waals surface area (Å²) in [6, 6.07) is 7.27. The highest BCUT2D eigenvalue weighted by Crippen LogP contribution is 2.33. The van der Waals surface area contributed by atoms with Crippen LogP contribution in [-0.2, 0) is 0 Å². The summed E-state index contributed by atoms with van der Waals surface area (Å²) in [4.78, 5) is 27.5. The normalized spacial score (nSPS) is 19.6. The lowest BCUT2D eigenvalue weighted by atomic mass is 9.90. The first kappa shape index (κ1) is 18.5. The number of nitrogens with zero attached hydrogens (tertiary/aromatic N) is 1. The van der Waals surface area contributed by atoms with Crippen molar-refractivity contribution in [3.05, 3.63) is 52.2 Å². The third-order valence-electron chi connectivity index (χ3n) is 4.77. The number of carbonyl (C=O) groups is 2. The monoisotopic (exact) mass is 375 g/mol. The van der Waals surface area contributed by atoms with E-state index in [1.54, 1.807) is 12.1 Å². The molecule has 5 nitrogen and oxygen atoms in total. The SMILES string of the molecule is Cc1cc(NC(=O)c2cccc(F)c2)sc1C(=O)N1CCC(C)(CN)C1. The zero-order chi connectivity index (χ0) is 18.9. The molecule has 0 spiro atoms. The molecule has 0 bridgehead atoms. The fraction of sp³-hybridized carbons (Fsp3) is 0.368. The molecule has 138 valence electrons. The van der Waals surface area contributed by atoms with Crippen LogP contribution in [0.2, 0.25) is 0 Å². The largest absolute Gasteiger partial charge is 0.337 e. The smallest absolute Gasteiger partial charge is 0.264 e. The van der Waals surface area contributed by atoms with Crippen LogP contribution < -0.4 is 11.1 Å². The number of rotatable bonds is 4. The first-order chi connectivity index (χ1) is 12.3. The van der Waals surface area contributed by atoms with Crippen molar-refractivity contribution in [1.29, 1.82) is 0 Å². The van der Waals surface area contributed by atoms with E-state index in [2.05, 4.69) is 12.2 Å². The first-order valence-electron chi connectivity index (χ1n) is 8.48. The van der Waals surface area contributed by atoms with E-state index < -0.39 is 11.7 Å². The molecule has 26 heavy (non-hydrogen) atoms. The minimum Gasteiger partial charge on any atom is -0.337 e. The molecule has 2 heterocycles. The topological polar surface area (TPSA) is 75.4 Å². The maximum atomic E-state index is 13.3. The van der Waals surface area contributed by atoms with E-state index in [4.69, 9.17) is 5.73 Å². The predicted octanol–water partition coefficient (Wildman–Crippen LogP) is 3.26. The Hall–Kier alpha value is -2.25. The Kier molecular flexibility index (Phi) is 5.11. The highest BCUT2D eigenvalue weighted by Gasteiger charge is 2.36. The summed E-state index contributed by atoms with van der Waals surface area (Å²) in [6.45, 7) is 5.82. The second-order valence-corrected chi connectivity index (χ2v) is 8.13. The molecule has 1 aliphatic rings. The summed E-state index contributed by atoms with van der Waals surface area (Å²) in [7, 11) is 0. The van der Waals surface area contributed by atoms with Crippen molar-refractivity contribution in [3.63, 3.8) is 0 Å². The fourth-order valence-electron chi connectivity index (χ4n) is 3.08. The lowest BCUT2D eigenvalue weighted by molar-refractivity contribution is 0.0781. The van der Waals surface area contributed by atoms with Crippen LogP contribution in [0.1, 0.15) is 38.9 Å². The summed E-state index contributed by atoms with van der Waals surface area (Å²) in [5.41, 5.74) is 6.84. The number of nitrogens with two attached hydrogens (primary N) is 1. The third kappa shape index (κ3) is 3.78. The van der Waals surface area contributed by atoms with Crippen molar-refractivity contribution in [2.75, 3.05) is 25.0 Å². The van der Waals surface area contributed by atoms with Crippen LogP contribution in [0.15, 0.2) is 30.3 Å². The summed E-state index contributed by atoms with van der Waals surface area (Å²) in [5, 5.41) is 3.31. The van der Waals surface area contributed by atoms with Gasteiger partial charge in [0.2, 0.25) is 0 Å². The minimum atomic E-state index is -0.465. The number of aryl methyl sites for hydroxylation is 1. The van der Waals surface area contributed by atoms with Crippen molar-refractivity contribution in [3.8, 4) is 0 Å². The van der Waals surface area contributed by atoms with Crippen LogP contribution in [0, 0.1) is 18.2 Å². The predicted molar refractivity (Wildman–Crippen MR) is 101 cm³/mol. The van der Waals surface area contributed by atoms with Crippen LogP contribution in [0.3, 0.4) is 0 Å². The van der Waals surface area contributed by atoms with Gasteiger partial charge in [-0.3, -0.25) is 9.59 Å². The molecule has 0 radical (unpaired) electrons. The van der Waals surface area contributed by atoms with E-state index in [0.717, 1.165) is 12.0 Å². The number of benzene rings is 1. The van der Waals surface area contributed by atoms with Gasteiger partial charge in [-0.05, 0) is 55.1 Å². The van der Waals surface area contributed by atoms with Crippen molar-refractivity contribution >= 4 is 28.2 Å². The van der Waals surface area contributed by atoms with Crippen molar-refractivity contribution < 1.29 is 14.0 Å².